The molecular weight excluding hydrogens is 230 g/mol. The Morgan fingerprint density at radius 2 is 2.17 bits per heavy atom. The molecule has 0 saturated carbocycles. The first-order chi connectivity index (χ1) is 8.63. The van der Waals surface area contributed by atoms with Gasteiger partial charge in [0.1, 0.15) is 0 Å². The van der Waals surface area contributed by atoms with Crippen molar-refractivity contribution in [2.24, 2.45) is 7.05 Å². The van der Waals surface area contributed by atoms with Gasteiger partial charge in [-0.05, 0) is 24.7 Å². The van der Waals surface area contributed by atoms with Crippen molar-refractivity contribution in [1.82, 2.24) is 14.5 Å². The van der Waals surface area contributed by atoms with Gasteiger partial charge in [-0.1, -0.05) is 12.1 Å². The predicted molar refractivity (Wildman–Crippen MR) is 69.9 cm³/mol. The van der Waals surface area contributed by atoms with Gasteiger partial charge in [0.05, 0.1) is 11.8 Å². The maximum Gasteiger partial charge on any atom is 0.332 e. The van der Waals surface area contributed by atoms with Crippen LogP contribution in [-0.4, -0.2) is 27.8 Å². The van der Waals surface area contributed by atoms with Gasteiger partial charge in [0.25, 0.3) is 0 Å². The maximum absolute atomic E-state index is 11.8. The summed E-state index contributed by atoms with van der Waals surface area (Å²) in [6.07, 6.45) is 2.85. The molecule has 0 aliphatic heterocycles. The van der Waals surface area contributed by atoms with E-state index in [0.717, 1.165) is 11.3 Å². The van der Waals surface area contributed by atoms with Gasteiger partial charge in [0.15, 0.2) is 0 Å². The molecule has 5 heteroatoms. The molecule has 2 rings (SSSR count). The van der Waals surface area contributed by atoms with Gasteiger partial charge < -0.3 is 15.0 Å². The molecule has 1 unspecified atom stereocenters. The summed E-state index contributed by atoms with van der Waals surface area (Å²) >= 11 is 0. The van der Waals surface area contributed by atoms with Crippen molar-refractivity contribution in [3.8, 4) is 5.69 Å². The molecule has 5 nitrogen and oxygen atoms in total. The highest BCUT2D eigenvalue weighted by Crippen LogP contribution is 2.15. The molecule has 96 valence electrons. The molecule has 1 aromatic heterocycles. The van der Waals surface area contributed by atoms with Gasteiger partial charge in [0, 0.05) is 26.0 Å². The summed E-state index contributed by atoms with van der Waals surface area (Å²) in [6.45, 7) is 0.479. The maximum atomic E-state index is 11.8. The first kappa shape index (κ1) is 12.6. The summed E-state index contributed by atoms with van der Waals surface area (Å²) in [4.78, 5) is 11.8. The fourth-order valence-corrected chi connectivity index (χ4v) is 1.85. The zero-order valence-electron chi connectivity index (χ0n) is 10.5. The van der Waals surface area contributed by atoms with E-state index in [1.807, 2.05) is 24.3 Å². The number of aryl methyl sites for hydroxylation is 1. The number of aliphatic hydroxyl groups excluding tert-OH is 1. The normalized spacial score (nSPS) is 12.6. The number of aliphatic hydroxyl groups is 1. The Bertz CT molecular complexity index is 586. The smallest absolute Gasteiger partial charge is 0.332 e. The molecule has 1 atom stereocenters. The first-order valence-corrected chi connectivity index (χ1v) is 5.80. The molecular formula is C13H17N3O2. The van der Waals surface area contributed by atoms with Crippen LogP contribution in [0, 0.1) is 0 Å². The number of hydrogen-bond donors (Lipinski definition) is 2. The van der Waals surface area contributed by atoms with Crippen molar-refractivity contribution >= 4 is 0 Å². The quantitative estimate of drug-likeness (QED) is 0.823. The number of imidazole rings is 1. The summed E-state index contributed by atoms with van der Waals surface area (Å²) in [5.41, 5.74) is 1.45. The van der Waals surface area contributed by atoms with Crippen LogP contribution in [0.25, 0.3) is 5.69 Å². The van der Waals surface area contributed by atoms with Crippen LogP contribution < -0.4 is 11.0 Å². The third-order valence-corrected chi connectivity index (χ3v) is 2.88. The fraction of sp³-hybridized carbons (Fsp3) is 0.308. The monoisotopic (exact) mass is 247 g/mol. The van der Waals surface area contributed by atoms with Crippen LogP contribution in [0.3, 0.4) is 0 Å². The average Bonchev–Trinajstić information content (AvgIpc) is 2.71. The molecule has 0 amide bonds. The van der Waals surface area contributed by atoms with Crippen molar-refractivity contribution in [1.29, 1.82) is 0 Å². The molecule has 0 fully saturated rings. The Morgan fingerprint density at radius 1 is 1.39 bits per heavy atom. The second-order valence-corrected chi connectivity index (χ2v) is 4.23. The zero-order valence-corrected chi connectivity index (χ0v) is 10.5. The fourth-order valence-electron chi connectivity index (χ4n) is 1.85. The summed E-state index contributed by atoms with van der Waals surface area (Å²) < 4.78 is 3.06. The summed E-state index contributed by atoms with van der Waals surface area (Å²) in [6, 6.07) is 7.35. The van der Waals surface area contributed by atoms with Crippen molar-refractivity contribution in [3.63, 3.8) is 0 Å². The molecule has 0 bridgehead atoms. The van der Waals surface area contributed by atoms with E-state index in [4.69, 9.17) is 0 Å². The molecule has 2 N–H and O–H groups in total. The largest absolute Gasteiger partial charge is 0.387 e. The Kier molecular flexibility index (Phi) is 3.64. The van der Waals surface area contributed by atoms with Gasteiger partial charge in [-0.15, -0.1) is 0 Å². The van der Waals surface area contributed by atoms with Crippen molar-refractivity contribution < 1.29 is 5.11 Å². The van der Waals surface area contributed by atoms with Gasteiger partial charge in [0.2, 0.25) is 0 Å². The minimum Gasteiger partial charge on any atom is -0.387 e. The third-order valence-electron chi connectivity index (χ3n) is 2.88. The van der Waals surface area contributed by atoms with Crippen LogP contribution in [0.1, 0.15) is 11.7 Å². The van der Waals surface area contributed by atoms with Crippen LogP contribution in [0.2, 0.25) is 0 Å². The molecule has 0 radical (unpaired) electrons. The van der Waals surface area contributed by atoms with E-state index in [0.29, 0.717) is 6.54 Å². The van der Waals surface area contributed by atoms with Crippen LogP contribution in [0.15, 0.2) is 41.5 Å². The topological polar surface area (TPSA) is 59.2 Å². The van der Waals surface area contributed by atoms with E-state index in [1.165, 1.54) is 4.57 Å². The lowest BCUT2D eigenvalue weighted by Crippen LogP contribution is -2.21. The van der Waals surface area contributed by atoms with Gasteiger partial charge >= 0.3 is 5.69 Å². The molecule has 0 aliphatic carbocycles. The highest BCUT2D eigenvalue weighted by molar-refractivity contribution is 5.36. The van der Waals surface area contributed by atoms with E-state index < -0.39 is 6.10 Å². The number of rotatable bonds is 4. The van der Waals surface area contributed by atoms with E-state index in [-0.39, 0.29) is 5.69 Å². The number of benzene rings is 1. The summed E-state index contributed by atoms with van der Waals surface area (Å²) in [5.74, 6) is 0. The SMILES string of the molecule is CNCC(O)c1cccc(-n2ccn(C)c2=O)c1. The number of hydrogen-bond acceptors (Lipinski definition) is 3. The summed E-state index contributed by atoms with van der Waals surface area (Å²) in [7, 11) is 3.49. The van der Waals surface area contributed by atoms with E-state index >= 15 is 0 Å². The molecule has 2 aromatic rings. The standard InChI is InChI=1S/C13H17N3O2/c1-14-9-12(17)10-4-3-5-11(8-10)16-7-6-15(2)13(16)18/h3-8,12,14,17H,9H2,1-2H3. The molecule has 0 saturated heterocycles. The minimum atomic E-state index is -0.575. The zero-order chi connectivity index (χ0) is 13.1. The summed E-state index contributed by atoms with van der Waals surface area (Å²) in [5, 5.41) is 12.8. The second kappa shape index (κ2) is 5.20. The molecule has 1 aromatic carbocycles. The number of likely N-dealkylation sites (N-methyl/N-ethyl adjacent to an activating group) is 1. The average molecular weight is 247 g/mol. The molecule has 0 aliphatic rings. The lowest BCUT2D eigenvalue weighted by atomic mass is 10.1. The molecule has 18 heavy (non-hydrogen) atoms. The van der Waals surface area contributed by atoms with Crippen molar-refractivity contribution in [3.05, 3.63) is 52.7 Å². The lowest BCUT2D eigenvalue weighted by molar-refractivity contribution is 0.178. The van der Waals surface area contributed by atoms with E-state index in [1.54, 1.807) is 31.1 Å². The molecule has 0 spiro atoms. The highest BCUT2D eigenvalue weighted by Gasteiger charge is 2.08. The van der Waals surface area contributed by atoms with E-state index in [9.17, 15) is 9.90 Å². The Balaban J connectivity index is 2.38. The van der Waals surface area contributed by atoms with Gasteiger partial charge in [-0.3, -0.25) is 4.57 Å². The number of nitrogens with one attached hydrogen (secondary N) is 1. The van der Waals surface area contributed by atoms with Crippen molar-refractivity contribution in [2.45, 2.75) is 6.10 Å². The second-order valence-electron chi connectivity index (χ2n) is 4.23. The van der Waals surface area contributed by atoms with Gasteiger partial charge in [-0.2, -0.15) is 0 Å². The lowest BCUT2D eigenvalue weighted by Gasteiger charge is -2.11. The van der Waals surface area contributed by atoms with Crippen LogP contribution >= 0.6 is 0 Å². The highest BCUT2D eigenvalue weighted by atomic mass is 16.3. The molecule has 1 heterocycles. The Morgan fingerprint density at radius 3 is 2.78 bits per heavy atom. The Hall–Kier alpha value is -1.85. The van der Waals surface area contributed by atoms with Crippen LogP contribution in [0.5, 0.6) is 0 Å². The third kappa shape index (κ3) is 2.37. The minimum absolute atomic E-state index is 0.102. The van der Waals surface area contributed by atoms with Gasteiger partial charge in [-0.25, -0.2) is 4.79 Å². The predicted octanol–water partition coefficient (Wildman–Crippen LogP) is 0.429. The number of aromatic nitrogens is 2. The Labute approximate surface area is 105 Å². The van der Waals surface area contributed by atoms with Crippen LogP contribution in [0.4, 0.5) is 0 Å². The van der Waals surface area contributed by atoms with Crippen LogP contribution in [-0.2, 0) is 7.05 Å². The van der Waals surface area contributed by atoms with E-state index in [2.05, 4.69) is 5.32 Å². The van der Waals surface area contributed by atoms with Crippen molar-refractivity contribution in [2.75, 3.05) is 13.6 Å². The first-order valence-electron chi connectivity index (χ1n) is 5.80. The number of nitrogens with zero attached hydrogens (tertiary/aromatic N) is 2.